The molecule has 3 rings (SSSR count). The molecule has 2 aromatic rings. The zero-order valence-corrected chi connectivity index (χ0v) is 11.4. The van der Waals surface area contributed by atoms with Gasteiger partial charge in [0.05, 0.1) is 6.61 Å². The van der Waals surface area contributed by atoms with Crippen molar-refractivity contribution in [1.29, 1.82) is 0 Å². The van der Waals surface area contributed by atoms with Crippen LogP contribution in [0.5, 0.6) is 5.75 Å². The summed E-state index contributed by atoms with van der Waals surface area (Å²) in [5.41, 5.74) is 2.02. The highest BCUT2D eigenvalue weighted by molar-refractivity contribution is 5.84. The molecule has 1 aromatic heterocycles. The lowest BCUT2D eigenvalue weighted by atomic mass is 9.99. The number of nitrogens with zero attached hydrogens (tertiary/aromatic N) is 1. The Morgan fingerprint density at radius 1 is 1.21 bits per heavy atom. The Kier molecular flexibility index (Phi) is 3.65. The van der Waals surface area contributed by atoms with Gasteiger partial charge in [-0.3, -0.25) is 0 Å². The summed E-state index contributed by atoms with van der Waals surface area (Å²) in [6, 6.07) is 10.3. The molecule has 100 valence electrons. The fourth-order valence-corrected chi connectivity index (χ4v) is 2.59. The first-order chi connectivity index (χ1) is 9.33. The topological polar surface area (TPSA) is 34.1 Å². The van der Waals surface area contributed by atoms with E-state index in [9.17, 15) is 0 Å². The Hall–Kier alpha value is -1.61. The number of hydrogen-bond donors (Lipinski definition) is 1. The molecule has 0 radical (unpaired) electrons. The highest BCUT2D eigenvalue weighted by Gasteiger charge is 2.14. The van der Waals surface area contributed by atoms with Crippen LogP contribution < -0.4 is 10.1 Å². The van der Waals surface area contributed by atoms with Crippen molar-refractivity contribution in [3.63, 3.8) is 0 Å². The predicted molar refractivity (Wildman–Crippen MR) is 77.6 cm³/mol. The molecule has 1 aromatic carbocycles. The summed E-state index contributed by atoms with van der Waals surface area (Å²) in [7, 11) is 0. The number of para-hydroxylation sites is 1. The van der Waals surface area contributed by atoms with Crippen LogP contribution in [-0.4, -0.2) is 24.7 Å². The van der Waals surface area contributed by atoms with E-state index in [1.807, 2.05) is 25.1 Å². The number of benzene rings is 1. The summed E-state index contributed by atoms with van der Waals surface area (Å²) in [5.74, 6) is 1.58. The van der Waals surface area contributed by atoms with Gasteiger partial charge < -0.3 is 10.1 Å². The molecule has 1 fully saturated rings. The Balaban J connectivity index is 1.78. The van der Waals surface area contributed by atoms with Crippen molar-refractivity contribution in [2.75, 3.05) is 19.7 Å². The lowest BCUT2D eigenvalue weighted by Gasteiger charge is -2.22. The maximum atomic E-state index is 6.02. The largest absolute Gasteiger partial charge is 0.491 e. The summed E-state index contributed by atoms with van der Waals surface area (Å²) < 4.78 is 6.02. The average molecular weight is 256 g/mol. The van der Waals surface area contributed by atoms with E-state index >= 15 is 0 Å². The van der Waals surface area contributed by atoms with Gasteiger partial charge >= 0.3 is 0 Å². The highest BCUT2D eigenvalue weighted by atomic mass is 16.5. The molecular formula is C16H20N2O. The van der Waals surface area contributed by atoms with Gasteiger partial charge in [-0.2, -0.15) is 0 Å². The van der Waals surface area contributed by atoms with E-state index in [4.69, 9.17) is 4.74 Å². The van der Waals surface area contributed by atoms with E-state index in [1.165, 1.54) is 12.8 Å². The van der Waals surface area contributed by atoms with Crippen LogP contribution in [0, 0.1) is 12.8 Å². The van der Waals surface area contributed by atoms with Crippen LogP contribution in [0.2, 0.25) is 0 Å². The predicted octanol–water partition coefficient (Wildman–Crippen LogP) is 2.92. The van der Waals surface area contributed by atoms with Crippen LogP contribution in [0.15, 0.2) is 30.3 Å². The number of fused-ring (bicyclic) bond motifs is 1. The third-order valence-corrected chi connectivity index (χ3v) is 3.76. The Morgan fingerprint density at radius 2 is 2.05 bits per heavy atom. The van der Waals surface area contributed by atoms with E-state index in [-0.39, 0.29) is 0 Å². The summed E-state index contributed by atoms with van der Waals surface area (Å²) in [6.07, 6.45) is 2.41. The third kappa shape index (κ3) is 2.87. The SMILES string of the molecule is Cc1ccc2cccc(OCC3CCNCC3)c2n1. The number of nitrogens with one attached hydrogen (secondary N) is 1. The summed E-state index contributed by atoms with van der Waals surface area (Å²) in [5, 5.41) is 4.53. The molecule has 0 saturated carbocycles. The smallest absolute Gasteiger partial charge is 0.145 e. The van der Waals surface area contributed by atoms with E-state index in [0.29, 0.717) is 5.92 Å². The average Bonchev–Trinajstić information content (AvgIpc) is 2.46. The molecule has 2 heterocycles. The molecule has 19 heavy (non-hydrogen) atoms. The van der Waals surface area contributed by atoms with Crippen molar-refractivity contribution in [3.05, 3.63) is 36.0 Å². The van der Waals surface area contributed by atoms with Crippen LogP contribution >= 0.6 is 0 Å². The molecule has 0 aliphatic carbocycles. The number of aromatic nitrogens is 1. The molecule has 1 saturated heterocycles. The minimum absolute atomic E-state index is 0.668. The minimum atomic E-state index is 0.668. The molecule has 1 aliphatic heterocycles. The first-order valence-electron chi connectivity index (χ1n) is 7.03. The minimum Gasteiger partial charge on any atom is -0.491 e. The van der Waals surface area contributed by atoms with Gasteiger partial charge in [-0.05, 0) is 50.9 Å². The number of pyridine rings is 1. The first kappa shape index (κ1) is 12.4. The van der Waals surface area contributed by atoms with Gasteiger partial charge in [0.15, 0.2) is 0 Å². The quantitative estimate of drug-likeness (QED) is 0.917. The Labute approximate surface area is 114 Å². The Bertz CT molecular complexity index is 562. The van der Waals surface area contributed by atoms with Crippen molar-refractivity contribution in [1.82, 2.24) is 10.3 Å². The van der Waals surface area contributed by atoms with Gasteiger partial charge in [0.25, 0.3) is 0 Å². The second-order valence-corrected chi connectivity index (χ2v) is 5.28. The van der Waals surface area contributed by atoms with Gasteiger partial charge in [-0.25, -0.2) is 4.98 Å². The maximum absolute atomic E-state index is 6.02. The zero-order valence-electron chi connectivity index (χ0n) is 11.4. The second kappa shape index (κ2) is 5.57. The summed E-state index contributed by atoms with van der Waals surface area (Å²) in [6.45, 7) is 5.04. The molecule has 0 amide bonds. The number of rotatable bonds is 3. The first-order valence-corrected chi connectivity index (χ1v) is 7.03. The van der Waals surface area contributed by atoms with Crippen LogP contribution in [0.3, 0.4) is 0 Å². The number of ether oxygens (including phenoxy) is 1. The third-order valence-electron chi connectivity index (χ3n) is 3.76. The van der Waals surface area contributed by atoms with Gasteiger partial charge in [0, 0.05) is 11.1 Å². The van der Waals surface area contributed by atoms with Crippen molar-refractivity contribution >= 4 is 10.9 Å². The summed E-state index contributed by atoms with van der Waals surface area (Å²) in [4.78, 5) is 4.60. The van der Waals surface area contributed by atoms with E-state index in [1.54, 1.807) is 0 Å². The molecule has 1 N–H and O–H groups in total. The van der Waals surface area contributed by atoms with Gasteiger partial charge in [-0.15, -0.1) is 0 Å². The van der Waals surface area contributed by atoms with E-state index in [0.717, 1.165) is 42.0 Å². The van der Waals surface area contributed by atoms with E-state index < -0.39 is 0 Å². The second-order valence-electron chi connectivity index (χ2n) is 5.28. The van der Waals surface area contributed by atoms with Crippen molar-refractivity contribution < 1.29 is 4.74 Å². The monoisotopic (exact) mass is 256 g/mol. The molecule has 3 heteroatoms. The van der Waals surface area contributed by atoms with Crippen molar-refractivity contribution in [2.45, 2.75) is 19.8 Å². The molecule has 0 spiro atoms. The fraction of sp³-hybridized carbons (Fsp3) is 0.438. The molecule has 0 unspecified atom stereocenters. The maximum Gasteiger partial charge on any atom is 0.145 e. The lowest BCUT2D eigenvalue weighted by molar-refractivity contribution is 0.217. The normalized spacial score (nSPS) is 16.7. The van der Waals surface area contributed by atoms with Gasteiger partial charge in [-0.1, -0.05) is 18.2 Å². The fourth-order valence-electron chi connectivity index (χ4n) is 2.59. The van der Waals surface area contributed by atoms with Crippen LogP contribution in [0.1, 0.15) is 18.5 Å². The van der Waals surface area contributed by atoms with Crippen molar-refractivity contribution in [3.8, 4) is 5.75 Å². The highest BCUT2D eigenvalue weighted by Crippen LogP contribution is 2.25. The Morgan fingerprint density at radius 3 is 2.89 bits per heavy atom. The van der Waals surface area contributed by atoms with Crippen LogP contribution in [-0.2, 0) is 0 Å². The van der Waals surface area contributed by atoms with Crippen LogP contribution in [0.25, 0.3) is 10.9 Å². The molecule has 1 aliphatic rings. The number of aryl methyl sites for hydroxylation is 1. The molecule has 0 atom stereocenters. The molecule has 3 nitrogen and oxygen atoms in total. The van der Waals surface area contributed by atoms with Crippen LogP contribution in [0.4, 0.5) is 0 Å². The lowest BCUT2D eigenvalue weighted by Crippen LogP contribution is -2.30. The molecular weight excluding hydrogens is 236 g/mol. The number of hydrogen-bond acceptors (Lipinski definition) is 3. The van der Waals surface area contributed by atoms with Gasteiger partial charge in [0.1, 0.15) is 11.3 Å². The molecule has 0 bridgehead atoms. The van der Waals surface area contributed by atoms with Crippen molar-refractivity contribution in [2.24, 2.45) is 5.92 Å². The number of piperidine rings is 1. The standard InChI is InChI=1S/C16H20N2O/c1-12-5-6-14-3-2-4-15(16(14)18-12)19-11-13-7-9-17-10-8-13/h2-6,13,17H,7-11H2,1H3. The zero-order chi connectivity index (χ0) is 13.1. The van der Waals surface area contributed by atoms with Gasteiger partial charge in [0.2, 0.25) is 0 Å². The summed E-state index contributed by atoms with van der Waals surface area (Å²) >= 11 is 0. The van der Waals surface area contributed by atoms with E-state index in [2.05, 4.69) is 22.4 Å².